The highest BCUT2D eigenvalue weighted by atomic mass is 16.3. The maximum absolute atomic E-state index is 6.72. The Balaban J connectivity index is 1.10. The molecule has 10 aromatic rings. The standard InChI is InChI=1S/C49H33NO2/c1-49(2)41-17-7-5-13-36(41)37-28-26-33(29-42(37)49)50(43-18-10-20-45-46(43)40-14-6-8-19-44(40)51-45)32-24-21-31(22-25-32)35-15-9-16-38-39-27-23-30-11-3-4-12-34(30)48(39)52-47(35)38/h3-29H,1-2H3. The SMILES string of the molecule is CC1(C)c2ccccc2-c2ccc(N(c3ccc(-c4cccc5c4oc4c6ccccc6ccc54)cc3)c3cccc4oc5ccccc5c34)cc21. The van der Waals surface area contributed by atoms with Crippen molar-refractivity contribution < 1.29 is 8.83 Å². The maximum Gasteiger partial charge on any atom is 0.143 e. The van der Waals surface area contributed by atoms with Crippen LogP contribution in [0, 0.1) is 0 Å². The molecule has 2 aromatic heterocycles. The molecule has 8 aromatic carbocycles. The summed E-state index contributed by atoms with van der Waals surface area (Å²) in [7, 11) is 0. The van der Waals surface area contributed by atoms with E-state index in [1.807, 2.05) is 6.07 Å². The van der Waals surface area contributed by atoms with Crippen LogP contribution in [0.15, 0.2) is 173 Å². The zero-order valence-electron chi connectivity index (χ0n) is 28.9. The van der Waals surface area contributed by atoms with Crippen molar-refractivity contribution in [2.24, 2.45) is 0 Å². The van der Waals surface area contributed by atoms with Gasteiger partial charge < -0.3 is 13.7 Å². The van der Waals surface area contributed by atoms with Crippen LogP contribution in [-0.4, -0.2) is 0 Å². The molecule has 1 aliphatic rings. The van der Waals surface area contributed by atoms with Gasteiger partial charge in [-0.05, 0) is 81.7 Å². The third-order valence-corrected chi connectivity index (χ3v) is 11.3. The Hall–Kier alpha value is -6.58. The summed E-state index contributed by atoms with van der Waals surface area (Å²) in [6.07, 6.45) is 0. The molecular formula is C49H33NO2. The minimum Gasteiger partial charge on any atom is -0.456 e. The molecule has 11 rings (SSSR count). The van der Waals surface area contributed by atoms with Crippen molar-refractivity contribution in [3.8, 4) is 22.3 Å². The molecule has 1 aliphatic carbocycles. The zero-order valence-corrected chi connectivity index (χ0v) is 28.9. The number of para-hydroxylation sites is 2. The van der Waals surface area contributed by atoms with Crippen molar-refractivity contribution in [1.82, 2.24) is 0 Å². The smallest absolute Gasteiger partial charge is 0.143 e. The van der Waals surface area contributed by atoms with Gasteiger partial charge in [-0.15, -0.1) is 0 Å². The van der Waals surface area contributed by atoms with Crippen LogP contribution in [0.2, 0.25) is 0 Å². The Bertz CT molecular complexity index is 3050. The lowest BCUT2D eigenvalue weighted by Crippen LogP contribution is -2.16. The van der Waals surface area contributed by atoms with Gasteiger partial charge in [-0.2, -0.15) is 0 Å². The van der Waals surface area contributed by atoms with Gasteiger partial charge in [0.1, 0.15) is 22.3 Å². The highest BCUT2D eigenvalue weighted by Gasteiger charge is 2.36. The molecule has 0 saturated carbocycles. The van der Waals surface area contributed by atoms with Crippen molar-refractivity contribution in [2.45, 2.75) is 19.3 Å². The van der Waals surface area contributed by atoms with Crippen LogP contribution in [0.4, 0.5) is 17.1 Å². The molecule has 0 atom stereocenters. The fourth-order valence-corrected chi connectivity index (χ4v) is 8.74. The highest BCUT2D eigenvalue weighted by molar-refractivity contribution is 6.17. The van der Waals surface area contributed by atoms with E-state index in [-0.39, 0.29) is 5.41 Å². The van der Waals surface area contributed by atoms with Crippen molar-refractivity contribution in [1.29, 1.82) is 0 Å². The van der Waals surface area contributed by atoms with E-state index in [0.717, 1.165) is 77.5 Å². The molecule has 246 valence electrons. The first-order valence-electron chi connectivity index (χ1n) is 17.9. The number of hydrogen-bond acceptors (Lipinski definition) is 3. The van der Waals surface area contributed by atoms with Crippen LogP contribution < -0.4 is 4.90 Å². The largest absolute Gasteiger partial charge is 0.456 e. The first kappa shape index (κ1) is 29.2. The summed E-state index contributed by atoms with van der Waals surface area (Å²) in [5.74, 6) is 0. The molecule has 0 amide bonds. The monoisotopic (exact) mass is 667 g/mol. The lowest BCUT2D eigenvalue weighted by atomic mass is 9.82. The topological polar surface area (TPSA) is 29.5 Å². The molecule has 0 fully saturated rings. The van der Waals surface area contributed by atoms with Gasteiger partial charge >= 0.3 is 0 Å². The fourth-order valence-electron chi connectivity index (χ4n) is 8.74. The summed E-state index contributed by atoms with van der Waals surface area (Å²) < 4.78 is 13.1. The first-order chi connectivity index (χ1) is 25.5. The molecule has 0 aliphatic heterocycles. The van der Waals surface area contributed by atoms with E-state index in [4.69, 9.17) is 8.83 Å². The van der Waals surface area contributed by atoms with Crippen LogP contribution in [0.5, 0.6) is 0 Å². The summed E-state index contributed by atoms with van der Waals surface area (Å²) in [5.41, 5.74) is 14.3. The van der Waals surface area contributed by atoms with E-state index < -0.39 is 0 Å². The maximum atomic E-state index is 6.72. The van der Waals surface area contributed by atoms with E-state index in [0.29, 0.717) is 0 Å². The Morgan fingerprint density at radius 3 is 2.02 bits per heavy atom. The molecule has 0 spiro atoms. The van der Waals surface area contributed by atoms with Crippen LogP contribution in [-0.2, 0) is 5.41 Å². The van der Waals surface area contributed by atoms with E-state index >= 15 is 0 Å². The number of furan rings is 2. The molecule has 3 nitrogen and oxygen atoms in total. The minimum atomic E-state index is -0.123. The minimum absolute atomic E-state index is 0.123. The third-order valence-electron chi connectivity index (χ3n) is 11.3. The first-order valence-corrected chi connectivity index (χ1v) is 17.9. The second-order valence-electron chi connectivity index (χ2n) is 14.5. The quantitative estimate of drug-likeness (QED) is 0.187. The number of rotatable bonds is 4. The van der Waals surface area contributed by atoms with E-state index in [1.54, 1.807) is 0 Å². The number of benzene rings is 8. The second-order valence-corrected chi connectivity index (χ2v) is 14.5. The lowest BCUT2D eigenvalue weighted by Gasteiger charge is -2.28. The molecule has 52 heavy (non-hydrogen) atoms. The molecule has 0 radical (unpaired) electrons. The molecule has 3 heteroatoms. The summed E-state index contributed by atoms with van der Waals surface area (Å²) in [5, 5.41) is 6.79. The van der Waals surface area contributed by atoms with Gasteiger partial charge in [0.05, 0.1) is 11.1 Å². The Morgan fingerprint density at radius 1 is 0.442 bits per heavy atom. The van der Waals surface area contributed by atoms with Crippen LogP contribution in [0.25, 0.3) is 76.9 Å². The van der Waals surface area contributed by atoms with Crippen LogP contribution in [0.1, 0.15) is 25.0 Å². The van der Waals surface area contributed by atoms with Crippen LogP contribution in [0.3, 0.4) is 0 Å². The lowest BCUT2D eigenvalue weighted by molar-refractivity contribution is 0.660. The van der Waals surface area contributed by atoms with Crippen molar-refractivity contribution in [3.63, 3.8) is 0 Å². The van der Waals surface area contributed by atoms with Crippen molar-refractivity contribution in [3.05, 3.63) is 175 Å². The average molecular weight is 668 g/mol. The number of hydrogen-bond donors (Lipinski definition) is 0. The molecule has 0 N–H and O–H groups in total. The zero-order chi connectivity index (χ0) is 34.6. The van der Waals surface area contributed by atoms with E-state index in [2.05, 4.69) is 176 Å². The number of anilines is 3. The number of nitrogens with zero attached hydrogens (tertiary/aromatic N) is 1. The predicted octanol–water partition coefficient (Wildman–Crippen LogP) is 14.1. The van der Waals surface area contributed by atoms with Gasteiger partial charge in [0.2, 0.25) is 0 Å². The number of fused-ring (bicyclic) bond motifs is 11. The molecule has 0 unspecified atom stereocenters. The summed E-state index contributed by atoms with van der Waals surface area (Å²) in [6, 6.07) is 58.7. The van der Waals surface area contributed by atoms with E-state index in [9.17, 15) is 0 Å². The van der Waals surface area contributed by atoms with Gasteiger partial charge in [0, 0.05) is 43.9 Å². The van der Waals surface area contributed by atoms with Gasteiger partial charge in [-0.3, -0.25) is 0 Å². The highest BCUT2D eigenvalue weighted by Crippen LogP contribution is 2.51. The third kappa shape index (κ3) is 4.08. The molecule has 2 heterocycles. The average Bonchev–Trinajstić information content (AvgIpc) is 3.84. The van der Waals surface area contributed by atoms with Gasteiger partial charge in [0.15, 0.2) is 0 Å². The fraction of sp³-hybridized carbons (Fsp3) is 0.0612. The van der Waals surface area contributed by atoms with Crippen molar-refractivity contribution >= 4 is 71.7 Å². The summed E-state index contributed by atoms with van der Waals surface area (Å²) in [4.78, 5) is 2.39. The normalized spacial score (nSPS) is 13.3. The van der Waals surface area contributed by atoms with Gasteiger partial charge in [-0.1, -0.05) is 129 Å². The molecule has 0 bridgehead atoms. The molecular weight excluding hydrogens is 635 g/mol. The van der Waals surface area contributed by atoms with E-state index in [1.165, 1.54) is 27.6 Å². The Labute approximate surface area is 301 Å². The second kappa shape index (κ2) is 10.7. The Morgan fingerprint density at radius 2 is 1.12 bits per heavy atom. The summed E-state index contributed by atoms with van der Waals surface area (Å²) >= 11 is 0. The van der Waals surface area contributed by atoms with Crippen molar-refractivity contribution in [2.75, 3.05) is 4.90 Å². The van der Waals surface area contributed by atoms with Gasteiger partial charge in [-0.25, -0.2) is 0 Å². The Kier molecular flexibility index (Phi) is 6.01. The van der Waals surface area contributed by atoms with Gasteiger partial charge in [0.25, 0.3) is 0 Å². The van der Waals surface area contributed by atoms with Crippen LogP contribution >= 0.6 is 0 Å². The molecule has 0 saturated heterocycles. The predicted molar refractivity (Wildman–Crippen MR) is 216 cm³/mol. The summed E-state index contributed by atoms with van der Waals surface area (Å²) in [6.45, 7) is 4.68.